The van der Waals surface area contributed by atoms with Gasteiger partial charge < -0.3 is 9.84 Å². The van der Waals surface area contributed by atoms with Gasteiger partial charge in [-0.25, -0.2) is 0 Å². The molecule has 0 aliphatic rings. The molecule has 94 valence electrons. The predicted octanol–water partition coefficient (Wildman–Crippen LogP) is 1.80. The van der Waals surface area contributed by atoms with Crippen LogP contribution in [0.2, 0.25) is 0 Å². The molecule has 1 atom stereocenters. The molecule has 0 radical (unpaired) electrons. The lowest BCUT2D eigenvalue weighted by molar-refractivity contribution is -0.121. The fraction of sp³-hybridized carbons (Fsp3) is 0.308. The van der Waals surface area contributed by atoms with E-state index in [4.69, 9.17) is 4.52 Å². The monoisotopic (exact) mass is 245 g/mol. The Morgan fingerprint density at radius 2 is 2.11 bits per heavy atom. The van der Waals surface area contributed by atoms with E-state index in [-0.39, 0.29) is 18.4 Å². The minimum absolute atomic E-state index is 0.0391. The largest absolute Gasteiger partial charge is 0.349 e. The average molecular weight is 245 g/mol. The summed E-state index contributed by atoms with van der Waals surface area (Å²) in [6.45, 7) is 3.66. The summed E-state index contributed by atoms with van der Waals surface area (Å²) < 4.78 is 4.90. The lowest BCUT2D eigenvalue weighted by Gasteiger charge is -2.13. The lowest BCUT2D eigenvalue weighted by Crippen LogP contribution is -2.28. The molecule has 0 aliphatic carbocycles. The molecule has 0 aliphatic heterocycles. The number of carbonyl (C=O) groups excluding carboxylic acids is 1. The number of benzene rings is 1. The molecule has 1 aromatic carbocycles. The number of rotatable bonds is 4. The van der Waals surface area contributed by atoms with Gasteiger partial charge in [-0.15, -0.1) is 0 Å². The van der Waals surface area contributed by atoms with Crippen LogP contribution in [0.4, 0.5) is 0 Å². The Kier molecular flexibility index (Phi) is 3.72. The van der Waals surface area contributed by atoms with Crippen molar-refractivity contribution in [3.63, 3.8) is 0 Å². The first-order valence-corrected chi connectivity index (χ1v) is 5.78. The Labute approximate surface area is 105 Å². The Hall–Kier alpha value is -2.17. The van der Waals surface area contributed by atoms with Gasteiger partial charge in [0.15, 0.2) is 5.82 Å². The van der Waals surface area contributed by atoms with Crippen molar-refractivity contribution in [3.05, 3.63) is 47.6 Å². The number of nitrogens with zero attached hydrogens (tertiary/aromatic N) is 2. The molecule has 1 amide bonds. The Balaban J connectivity index is 1.92. The molecule has 2 rings (SSSR count). The van der Waals surface area contributed by atoms with E-state index in [0.717, 1.165) is 5.56 Å². The van der Waals surface area contributed by atoms with Crippen LogP contribution >= 0.6 is 0 Å². The van der Waals surface area contributed by atoms with Crippen molar-refractivity contribution < 1.29 is 9.32 Å². The van der Waals surface area contributed by atoms with Gasteiger partial charge in [0.2, 0.25) is 11.8 Å². The Morgan fingerprint density at radius 3 is 2.72 bits per heavy atom. The number of amides is 1. The Morgan fingerprint density at radius 1 is 1.39 bits per heavy atom. The second kappa shape index (κ2) is 5.44. The molecule has 0 spiro atoms. The van der Waals surface area contributed by atoms with Crippen molar-refractivity contribution in [2.45, 2.75) is 26.3 Å². The van der Waals surface area contributed by atoms with Gasteiger partial charge in [-0.2, -0.15) is 4.98 Å². The highest BCUT2D eigenvalue weighted by Gasteiger charge is 2.13. The van der Waals surface area contributed by atoms with Gasteiger partial charge in [-0.3, -0.25) is 4.79 Å². The highest BCUT2D eigenvalue weighted by molar-refractivity contribution is 5.78. The topological polar surface area (TPSA) is 68.0 Å². The minimum Gasteiger partial charge on any atom is -0.349 e. The number of nitrogens with one attached hydrogen (secondary N) is 1. The molecule has 0 saturated carbocycles. The van der Waals surface area contributed by atoms with Crippen molar-refractivity contribution in [2.24, 2.45) is 0 Å². The molecular weight excluding hydrogens is 230 g/mol. The van der Waals surface area contributed by atoms with Gasteiger partial charge >= 0.3 is 0 Å². The number of carbonyl (C=O) groups is 1. The maximum atomic E-state index is 11.8. The van der Waals surface area contributed by atoms with Gasteiger partial charge in [-0.1, -0.05) is 35.5 Å². The van der Waals surface area contributed by atoms with Crippen LogP contribution in [-0.2, 0) is 11.2 Å². The fourth-order valence-electron chi connectivity index (χ4n) is 1.67. The highest BCUT2D eigenvalue weighted by atomic mass is 16.5. The van der Waals surface area contributed by atoms with Crippen LogP contribution in [0.5, 0.6) is 0 Å². The standard InChI is InChI=1S/C13H15N3O2/c1-9(11-6-4-3-5-7-11)14-12(17)8-13-15-10(2)16-18-13/h3-7,9H,8H2,1-2H3,(H,14,17). The summed E-state index contributed by atoms with van der Waals surface area (Å²) in [5.74, 6) is 0.745. The smallest absolute Gasteiger partial charge is 0.236 e. The van der Waals surface area contributed by atoms with Crippen LogP contribution in [0, 0.1) is 6.92 Å². The van der Waals surface area contributed by atoms with Crippen molar-refractivity contribution in [1.82, 2.24) is 15.5 Å². The van der Waals surface area contributed by atoms with Crippen LogP contribution < -0.4 is 5.32 Å². The molecule has 2 aromatic rings. The third kappa shape index (κ3) is 3.16. The van der Waals surface area contributed by atoms with Crippen LogP contribution in [-0.4, -0.2) is 16.0 Å². The van der Waals surface area contributed by atoms with Crippen LogP contribution in [0.15, 0.2) is 34.9 Å². The predicted molar refractivity (Wildman–Crippen MR) is 65.7 cm³/mol. The average Bonchev–Trinajstić information content (AvgIpc) is 2.75. The lowest BCUT2D eigenvalue weighted by atomic mass is 10.1. The summed E-state index contributed by atoms with van der Waals surface area (Å²) in [7, 11) is 0. The number of aromatic nitrogens is 2. The summed E-state index contributed by atoms with van der Waals surface area (Å²) in [6, 6.07) is 9.74. The molecule has 1 heterocycles. The maximum absolute atomic E-state index is 11.8. The van der Waals surface area contributed by atoms with E-state index in [1.807, 2.05) is 37.3 Å². The first kappa shape index (κ1) is 12.3. The third-order valence-corrected chi connectivity index (χ3v) is 2.56. The number of hydrogen-bond acceptors (Lipinski definition) is 4. The van der Waals surface area contributed by atoms with Gasteiger partial charge in [0, 0.05) is 0 Å². The van der Waals surface area contributed by atoms with Crippen molar-refractivity contribution >= 4 is 5.91 Å². The van der Waals surface area contributed by atoms with Crippen LogP contribution in [0.1, 0.15) is 30.2 Å². The zero-order chi connectivity index (χ0) is 13.0. The molecule has 1 unspecified atom stereocenters. The quantitative estimate of drug-likeness (QED) is 0.891. The van der Waals surface area contributed by atoms with Gasteiger partial charge in [0.25, 0.3) is 0 Å². The summed E-state index contributed by atoms with van der Waals surface area (Å²) >= 11 is 0. The molecule has 0 fully saturated rings. The van der Waals surface area contributed by atoms with Gasteiger partial charge in [-0.05, 0) is 19.4 Å². The van der Waals surface area contributed by atoms with E-state index in [2.05, 4.69) is 15.5 Å². The molecule has 0 saturated heterocycles. The molecule has 5 heteroatoms. The molecule has 18 heavy (non-hydrogen) atoms. The molecule has 5 nitrogen and oxygen atoms in total. The fourth-order valence-corrected chi connectivity index (χ4v) is 1.67. The van der Waals surface area contributed by atoms with E-state index in [9.17, 15) is 4.79 Å². The zero-order valence-electron chi connectivity index (χ0n) is 10.4. The Bertz CT molecular complexity index is 522. The number of hydrogen-bond donors (Lipinski definition) is 1. The first-order chi connectivity index (χ1) is 8.65. The maximum Gasteiger partial charge on any atom is 0.236 e. The highest BCUT2D eigenvalue weighted by Crippen LogP contribution is 2.11. The first-order valence-electron chi connectivity index (χ1n) is 5.78. The number of aryl methyl sites for hydroxylation is 1. The molecule has 1 aromatic heterocycles. The zero-order valence-corrected chi connectivity index (χ0v) is 10.4. The van der Waals surface area contributed by atoms with Crippen molar-refractivity contribution in [1.29, 1.82) is 0 Å². The van der Waals surface area contributed by atoms with E-state index >= 15 is 0 Å². The minimum atomic E-state index is -0.130. The van der Waals surface area contributed by atoms with Crippen molar-refractivity contribution in [3.8, 4) is 0 Å². The van der Waals surface area contributed by atoms with E-state index in [1.54, 1.807) is 6.92 Å². The van der Waals surface area contributed by atoms with Crippen LogP contribution in [0.25, 0.3) is 0 Å². The van der Waals surface area contributed by atoms with E-state index in [1.165, 1.54) is 0 Å². The normalized spacial score (nSPS) is 12.1. The third-order valence-electron chi connectivity index (χ3n) is 2.56. The SMILES string of the molecule is Cc1noc(CC(=O)NC(C)c2ccccc2)n1. The van der Waals surface area contributed by atoms with E-state index < -0.39 is 0 Å². The second-order valence-electron chi connectivity index (χ2n) is 4.11. The second-order valence-corrected chi connectivity index (χ2v) is 4.11. The molecular formula is C13H15N3O2. The molecule has 1 N–H and O–H groups in total. The van der Waals surface area contributed by atoms with E-state index in [0.29, 0.717) is 11.7 Å². The van der Waals surface area contributed by atoms with Gasteiger partial charge in [0.05, 0.1) is 6.04 Å². The van der Waals surface area contributed by atoms with Crippen LogP contribution in [0.3, 0.4) is 0 Å². The summed E-state index contributed by atoms with van der Waals surface area (Å²) in [4.78, 5) is 15.8. The van der Waals surface area contributed by atoms with Gasteiger partial charge in [0.1, 0.15) is 6.42 Å². The molecule has 0 bridgehead atoms. The summed E-state index contributed by atoms with van der Waals surface area (Å²) in [5, 5.41) is 6.53. The summed E-state index contributed by atoms with van der Waals surface area (Å²) in [6.07, 6.45) is 0.109. The van der Waals surface area contributed by atoms with Crippen molar-refractivity contribution in [2.75, 3.05) is 0 Å². The summed E-state index contributed by atoms with van der Waals surface area (Å²) in [5.41, 5.74) is 1.06.